The summed E-state index contributed by atoms with van der Waals surface area (Å²) < 4.78 is 70.7. The van der Waals surface area contributed by atoms with Crippen molar-refractivity contribution in [3.05, 3.63) is 68.7 Å². The van der Waals surface area contributed by atoms with Gasteiger partial charge in [-0.15, -0.1) is 0 Å². The number of benzene rings is 1. The van der Waals surface area contributed by atoms with Crippen LogP contribution in [0, 0.1) is 13.8 Å². The Morgan fingerprint density at radius 3 is 2.55 bits per heavy atom. The molecule has 4 rings (SSSR count). The maximum Gasteiger partial charge on any atom is 0.492 e. The summed E-state index contributed by atoms with van der Waals surface area (Å²) in [5.74, 6) is -2.48. The second kappa shape index (κ2) is 10.6. The summed E-state index contributed by atoms with van der Waals surface area (Å²) in [6, 6.07) is 5.12. The first-order valence-corrected chi connectivity index (χ1v) is 13.2. The monoisotopic (exact) mass is 599 g/mol. The largest absolute Gasteiger partial charge is 0.492 e. The fourth-order valence-electron chi connectivity index (χ4n) is 3.94. The van der Waals surface area contributed by atoms with E-state index in [9.17, 15) is 31.2 Å². The molecule has 0 unspecified atom stereocenters. The SMILES string of the molecule is Cc1cc([C@@H](C)Nc2ccc(Cl)nc2S(=O)(=O)NOC(=O)C(F)(F)F)c2oc(-c3cnn(C)c3)c(C)c(=O)c2c1. The van der Waals surface area contributed by atoms with Crippen molar-refractivity contribution in [3.63, 3.8) is 0 Å². The summed E-state index contributed by atoms with van der Waals surface area (Å²) in [4.78, 5) is 32.8. The zero-order valence-corrected chi connectivity index (χ0v) is 22.8. The van der Waals surface area contributed by atoms with Gasteiger partial charge >= 0.3 is 12.1 Å². The van der Waals surface area contributed by atoms with Crippen LogP contribution >= 0.6 is 11.6 Å². The molecule has 3 aromatic heterocycles. The van der Waals surface area contributed by atoms with Crippen LogP contribution in [-0.2, 0) is 26.7 Å². The van der Waals surface area contributed by atoms with Gasteiger partial charge in [0, 0.05) is 24.4 Å². The highest BCUT2D eigenvalue weighted by molar-refractivity contribution is 7.89. The van der Waals surface area contributed by atoms with Gasteiger partial charge in [-0.1, -0.05) is 17.7 Å². The normalized spacial score (nSPS) is 12.9. The molecule has 0 amide bonds. The Labute approximate surface area is 229 Å². The Hall–Kier alpha value is -3.95. The van der Waals surface area contributed by atoms with Crippen LogP contribution in [0.1, 0.15) is 29.7 Å². The highest BCUT2D eigenvalue weighted by Crippen LogP contribution is 2.33. The quantitative estimate of drug-likeness (QED) is 0.234. The van der Waals surface area contributed by atoms with Crippen molar-refractivity contribution in [2.24, 2.45) is 7.05 Å². The molecule has 16 heteroatoms. The third kappa shape index (κ3) is 5.80. The number of hydrogen-bond donors (Lipinski definition) is 2. The van der Waals surface area contributed by atoms with E-state index in [4.69, 9.17) is 16.0 Å². The van der Waals surface area contributed by atoms with Crippen molar-refractivity contribution in [1.29, 1.82) is 0 Å². The van der Waals surface area contributed by atoms with Crippen molar-refractivity contribution >= 4 is 44.3 Å². The van der Waals surface area contributed by atoms with E-state index in [0.717, 1.165) is 4.89 Å². The summed E-state index contributed by atoms with van der Waals surface area (Å²) in [5.41, 5.74) is 1.87. The number of carbonyl (C=O) groups is 1. The molecular formula is C24H21ClF3N5O6S. The number of aryl methyl sites for hydroxylation is 2. The van der Waals surface area contributed by atoms with Crippen LogP contribution in [0.15, 0.2) is 50.9 Å². The molecule has 1 atom stereocenters. The first-order chi connectivity index (χ1) is 18.6. The van der Waals surface area contributed by atoms with E-state index in [0.29, 0.717) is 28.0 Å². The zero-order valence-electron chi connectivity index (χ0n) is 21.3. The van der Waals surface area contributed by atoms with Crippen molar-refractivity contribution in [1.82, 2.24) is 19.6 Å². The first kappa shape index (κ1) is 29.0. The van der Waals surface area contributed by atoms with Crippen LogP contribution in [0.2, 0.25) is 5.15 Å². The van der Waals surface area contributed by atoms with E-state index in [1.807, 2.05) is 0 Å². The second-order valence-corrected chi connectivity index (χ2v) is 10.8. The third-order valence-corrected chi connectivity index (χ3v) is 7.09. The fourth-order valence-corrected chi connectivity index (χ4v) is 5.03. The predicted octanol–water partition coefficient (Wildman–Crippen LogP) is 4.33. The molecule has 0 saturated heterocycles. The minimum Gasteiger partial charge on any atom is -0.455 e. The molecule has 3 heterocycles. The van der Waals surface area contributed by atoms with E-state index >= 15 is 0 Å². The lowest BCUT2D eigenvalue weighted by molar-refractivity contribution is -0.203. The summed E-state index contributed by atoms with van der Waals surface area (Å²) >= 11 is 5.84. The van der Waals surface area contributed by atoms with Crippen LogP contribution in [-0.4, -0.2) is 35.3 Å². The number of anilines is 1. The highest BCUT2D eigenvalue weighted by atomic mass is 35.5. The highest BCUT2D eigenvalue weighted by Gasteiger charge is 2.42. The average Bonchev–Trinajstić information content (AvgIpc) is 3.30. The minimum atomic E-state index is -5.44. The Kier molecular flexibility index (Phi) is 7.66. The number of hydrogen-bond acceptors (Lipinski definition) is 9. The summed E-state index contributed by atoms with van der Waals surface area (Å²) in [7, 11) is -3.22. The van der Waals surface area contributed by atoms with E-state index in [-0.39, 0.29) is 27.2 Å². The lowest BCUT2D eigenvalue weighted by Crippen LogP contribution is -2.35. The van der Waals surface area contributed by atoms with Crippen LogP contribution in [0.5, 0.6) is 0 Å². The molecule has 0 saturated carbocycles. The molecule has 40 heavy (non-hydrogen) atoms. The van der Waals surface area contributed by atoms with Crippen LogP contribution in [0.25, 0.3) is 22.3 Å². The van der Waals surface area contributed by atoms with Crippen molar-refractivity contribution in [2.75, 3.05) is 5.32 Å². The molecule has 11 nitrogen and oxygen atoms in total. The number of aromatic nitrogens is 3. The average molecular weight is 600 g/mol. The Balaban J connectivity index is 1.77. The predicted molar refractivity (Wildman–Crippen MR) is 138 cm³/mol. The Morgan fingerprint density at radius 2 is 1.93 bits per heavy atom. The van der Waals surface area contributed by atoms with Gasteiger partial charge < -0.3 is 14.6 Å². The number of carbonyl (C=O) groups excluding carboxylic acids is 1. The number of pyridine rings is 1. The molecule has 1 aromatic carbocycles. The molecule has 0 bridgehead atoms. The molecule has 0 radical (unpaired) electrons. The molecular weight excluding hydrogens is 579 g/mol. The number of sulfonamides is 1. The molecule has 2 N–H and O–H groups in total. The van der Waals surface area contributed by atoms with Crippen molar-refractivity contribution in [2.45, 2.75) is 38.0 Å². The number of rotatable bonds is 7. The minimum absolute atomic E-state index is 0.191. The van der Waals surface area contributed by atoms with Gasteiger partial charge in [0.15, 0.2) is 10.5 Å². The summed E-state index contributed by atoms with van der Waals surface area (Å²) in [6.45, 7) is 5.03. The van der Waals surface area contributed by atoms with Gasteiger partial charge in [0.05, 0.1) is 28.9 Å². The van der Waals surface area contributed by atoms with Gasteiger partial charge in [-0.05, 0) is 49.4 Å². The zero-order chi connectivity index (χ0) is 29.6. The molecule has 0 fully saturated rings. The lowest BCUT2D eigenvalue weighted by Gasteiger charge is -2.20. The number of nitrogens with one attached hydrogen (secondary N) is 2. The maximum atomic E-state index is 13.3. The summed E-state index contributed by atoms with van der Waals surface area (Å²) in [5, 5.41) is 6.18. The van der Waals surface area contributed by atoms with E-state index in [2.05, 4.69) is 20.2 Å². The first-order valence-electron chi connectivity index (χ1n) is 11.4. The maximum absolute atomic E-state index is 13.3. The number of fused-ring (bicyclic) bond motifs is 1. The topological polar surface area (TPSA) is 145 Å². The molecule has 0 aliphatic heterocycles. The lowest BCUT2D eigenvalue weighted by atomic mass is 9.99. The van der Waals surface area contributed by atoms with E-state index in [1.54, 1.807) is 57.0 Å². The summed E-state index contributed by atoms with van der Waals surface area (Å²) in [6.07, 6.45) is -2.22. The van der Waals surface area contributed by atoms with E-state index < -0.39 is 33.2 Å². The number of alkyl halides is 3. The molecule has 0 spiro atoms. The van der Waals surface area contributed by atoms with Gasteiger partial charge in [-0.25, -0.2) is 18.2 Å². The van der Waals surface area contributed by atoms with Gasteiger partial charge in [0.1, 0.15) is 16.5 Å². The number of nitrogens with zero attached hydrogens (tertiary/aromatic N) is 3. The Bertz CT molecular complexity index is 1800. The molecule has 0 aliphatic rings. The smallest absolute Gasteiger partial charge is 0.455 e. The molecule has 212 valence electrons. The van der Waals surface area contributed by atoms with Crippen molar-refractivity contribution < 1.29 is 35.6 Å². The third-order valence-electron chi connectivity index (χ3n) is 5.75. The van der Waals surface area contributed by atoms with Gasteiger partial charge in [-0.3, -0.25) is 9.48 Å². The van der Waals surface area contributed by atoms with Crippen molar-refractivity contribution in [3.8, 4) is 11.3 Å². The Morgan fingerprint density at radius 1 is 1.23 bits per heavy atom. The molecule has 0 aliphatic carbocycles. The van der Waals surface area contributed by atoms with E-state index in [1.165, 1.54) is 12.1 Å². The van der Waals surface area contributed by atoms with Crippen LogP contribution < -0.4 is 15.6 Å². The van der Waals surface area contributed by atoms with Gasteiger partial charge in [0.25, 0.3) is 10.0 Å². The van der Waals surface area contributed by atoms with Crippen LogP contribution in [0.4, 0.5) is 18.9 Å². The fraction of sp³-hybridized carbons (Fsp3) is 0.250. The van der Waals surface area contributed by atoms with Gasteiger partial charge in [-0.2, -0.15) is 18.3 Å². The standard InChI is InChI=1S/C24H21ClF3N5O6S/c1-11-7-15(21-16(8-11)19(34)12(2)20(38-21)14-9-29-33(4)10-14)13(3)30-17-5-6-18(25)31-22(17)40(36,37)32-39-23(35)24(26,27)28/h5-10,13,30,32H,1-4H3/t13-/m1/s1. The van der Waals surface area contributed by atoms with Crippen LogP contribution in [0.3, 0.4) is 0 Å². The molecule has 4 aromatic rings. The number of halogens is 4. The van der Waals surface area contributed by atoms with Gasteiger partial charge in [0.2, 0.25) is 0 Å². The second-order valence-electron chi connectivity index (χ2n) is 8.85.